The summed E-state index contributed by atoms with van der Waals surface area (Å²) in [6.45, 7) is 3.25. The van der Waals surface area contributed by atoms with Gasteiger partial charge in [0.2, 0.25) is 0 Å². The molecule has 0 aliphatic heterocycles. The fraction of sp³-hybridized carbons (Fsp3) is 0.258. The van der Waals surface area contributed by atoms with Crippen molar-refractivity contribution in [3.63, 3.8) is 0 Å². The maximum atomic E-state index is 15.3. The number of aromatic amines is 2. The van der Waals surface area contributed by atoms with Gasteiger partial charge in [0.15, 0.2) is 11.6 Å². The molecule has 1 aliphatic rings. The van der Waals surface area contributed by atoms with Crippen molar-refractivity contribution in [2.45, 2.75) is 39.2 Å². The highest BCUT2D eigenvalue weighted by atomic mass is 32.1. The van der Waals surface area contributed by atoms with Crippen LogP contribution in [0.4, 0.5) is 4.39 Å². The standard InChI is InChI=1S/C31H28FN7OS/c1-17(40)26-6-7-27(41-26)30-29-24(8-9-35-30)36-31(37-29)28-22-11-21(23(32)12-25(22)38-39-28)20-10-19(15-34-16-20)14-33-13-18-4-2-3-5-18/h6-12,15-16,18,33H,2-5,13-14H2,1H3,(H,36,37)(H,38,39). The van der Waals surface area contributed by atoms with Gasteiger partial charge in [-0.1, -0.05) is 12.8 Å². The van der Waals surface area contributed by atoms with Gasteiger partial charge in [-0.05, 0) is 68.1 Å². The number of nitrogens with one attached hydrogen (secondary N) is 3. The Morgan fingerprint density at radius 3 is 2.80 bits per heavy atom. The van der Waals surface area contributed by atoms with E-state index in [0.29, 0.717) is 50.8 Å². The average molecular weight is 566 g/mol. The SMILES string of the molecule is CC(=O)c1ccc(-c2nccc3[nH]c(-c4n[nH]c5cc(F)c(-c6cncc(CNCC7CCCC7)c6)cc45)nc23)s1. The summed E-state index contributed by atoms with van der Waals surface area (Å²) in [6, 6.07) is 10.8. The molecule has 206 valence electrons. The fourth-order valence-electron chi connectivity index (χ4n) is 5.69. The molecule has 8 nitrogen and oxygen atoms in total. The summed E-state index contributed by atoms with van der Waals surface area (Å²) < 4.78 is 15.3. The highest BCUT2D eigenvalue weighted by Gasteiger charge is 2.19. The van der Waals surface area contributed by atoms with Crippen LogP contribution in [0, 0.1) is 11.7 Å². The summed E-state index contributed by atoms with van der Waals surface area (Å²) in [5.41, 5.74) is 5.52. The molecule has 0 unspecified atom stereocenters. The molecule has 41 heavy (non-hydrogen) atoms. The normalized spacial score (nSPS) is 14.0. The Morgan fingerprint density at radius 1 is 1.10 bits per heavy atom. The molecule has 0 radical (unpaired) electrons. The van der Waals surface area contributed by atoms with Crippen LogP contribution in [-0.4, -0.2) is 42.5 Å². The third kappa shape index (κ3) is 4.93. The van der Waals surface area contributed by atoms with E-state index in [-0.39, 0.29) is 11.6 Å². The van der Waals surface area contributed by atoms with Crippen molar-refractivity contribution in [1.82, 2.24) is 35.5 Å². The third-order valence-electron chi connectivity index (χ3n) is 7.80. The molecule has 10 heteroatoms. The number of pyridine rings is 2. The van der Waals surface area contributed by atoms with Crippen molar-refractivity contribution in [3.8, 4) is 33.2 Å². The van der Waals surface area contributed by atoms with Gasteiger partial charge in [0.1, 0.15) is 22.7 Å². The second-order valence-electron chi connectivity index (χ2n) is 10.7. The minimum Gasteiger partial charge on any atom is -0.336 e. The van der Waals surface area contributed by atoms with Gasteiger partial charge in [-0.2, -0.15) is 5.10 Å². The Balaban J connectivity index is 1.22. The van der Waals surface area contributed by atoms with Crippen molar-refractivity contribution in [2.75, 3.05) is 6.54 Å². The van der Waals surface area contributed by atoms with E-state index >= 15 is 4.39 Å². The molecule has 7 rings (SSSR count). The van der Waals surface area contributed by atoms with E-state index in [1.165, 1.54) is 43.1 Å². The van der Waals surface area contributed by atoms with Gasteiger partial charge in [0.25, 0.3) is 0 Å². The first-order valence-electron chi connectivity index (χ1n) is 13.8. The minimum atomic E-state index is -0.347. The maximum absolute atomic E-state index is 15.3. The summed E-state index contributed by atoms with van der Waals surface area (Å²) >= 11 is 1.39. The zero-order valence-electron chi connectivity index (χ0n) is 22.5. The number of halogens is 1. The lowest BCUT2D eigenvalue weighted by atomic mass is 10.0. The van der Waals surface area contributed by atoms with Crippen LogP contribution in [0.1, 0.15) is 47.8 Å². The number of Topliss-reactive ketones (excluding diaryl/α,β-unsaturated/α-hetero) is 1. The highest BCUT2D eigenvalue weighted by Crippen LogP contribution is 2.35. The van der Waals surface area contributed by atoms with Gasteiger partial charge in [-0.25, -0.2) is 9.37 Å². The minimum absolute atomic E-state index is 0.0169. The zero-order valence-corrected chi connectivity index (χ0v) is 23.3. The van der Waals surface area contributed by atoms with Gasteiger partial charge in [-0.15, -0.1) is 11.3 Å². The monoisotopic (exact) mass is 565 g/mol. The number of hydrogen-bond donors (Lipinski definition) is 3. The van der Waals surface area contributed by atoms with Crippen LogP contribution in [0.2, 0.25) is 0 Å². The van der Waals surface area contributed by atoms with Gasteiger partial charge < -0.3 is 10.3 Å². The second kappa shape index (κ2) is 10.6. The Bertz CT molecular complexity index is 1900. The topological polar surface area (TPSA) is 112 Å². The molecule has 0 bridgehead atoms. The Morgan fingerprint density at radius 2 is 1.98 bits per heavy atom. The number of benzene rings is 1. The molecule has 0 spiro atoms. The van der Waals surface area contributed by atoms with E-state index in [0.717, 1.165) is 33.8 Å². The second-order valence-corrected chi connectivity index (χ2v) is 11.8. The van der Waals surface area contributed by atoms with Gasteiger partial charge in [0.05, 0.1) is 20.8 Å². The molecule has 1 fully saturated rings. The van der Waals surface area contributed by atoms with E-state index in [9.17, 15) is 4.79 Å². The summed E-state index contributed by atoms with van der Waals surface area (Å²) in [5, 5.41) is 11.7. The van der Waals surface area contributed by atoms with E-state index in [1.54, 1.807) is 25.4 Å². The van der Waals surface area contributed by atoms with E-state index in [4.69, 9.17) is 4.98 Å². The highest BCUT2D eigenvalue weighted by molar-refractivity contribution is 7.17. The van der Waals surface area contributed by atoms with E-state index in [2.05, 4.69) is 30.5 Å². The summed E-state index contributed by atoms with van der Waals surface area (Å²) in [6.07, 6.45) is 10.5. The number of carbonyl (C=O) groups is 1. The molecular weight excluding hydrogens is 537 g/mol. The predicted octanol–water partition coefficient (Wildman–Crippen LogP) is 6.91. The van der Waals surface area contributed by atoms with Crippen LogP contribution in [0.5, 0.6) is 0 Å². The molecule has 1 aromatic carbocycles. The molecule has 0 amide bonds. The van der Waals surface area contributed by atoms with Crippen molar-refractivity contribution in [2.24, 2.45) is 5.92 Å². The Kier molecular flexibility index (Phi) is 6.64. The number of aromatic nitrogens is 6. The van der Waals surface area contributed by atoms with Crippen molar-refractivity contribution < 1.29 is 9.18 Å². The smallest absolute Gasteiger partial charge is 0.169 e. The van der Waals surface area contributed by atoms with Gasteiger partial charge in [-0.3, -0.25) is 19.9 Å². The van der Waals surface area contributed by atoms with E-state index in [1.807, 2.05) is 30.5 Å². The average Bonchev–Trinajstić information content (AvgIpc) is 3.78. The lowest BCUT2D eigenvalue weighted by Gasteiger charge is -2.11. The Hall–Kier alpha value is -4.28. The van der Waals surface area contributed by atoms with Crippen molar-refractivity contribution in [1.29, 1.82) is 0 Å². The van der Waals surface area contributed by atoms with Crippen molar-refractivity contribution in [3.05, 3.63) is 71.2 Å². The number of ketones is 1. The third-order valence-corrected chi connectivity index (χ3v) is 9.00. The lowest BCUT2D eigenvalue weighted by molar-refractivity contribution is 0.102. The van der Waals surface area contributed by atoms with Gasteiger partial charge in [0, 0.05) is 47.7 Å². The number of thiophene rings is 1. The molecular formula is C31H28FN7OS. The summed E-state index contributed by atoms with van der Waals surface area (Å²) in [5.74, 6) is 0.965. The number of H-pyrrole nitrogens is 2. The number of rotatable bonds is 8. The number of nitrogens with zero attached hydrogens (tertiary/aromatic N) is 4. The quantitative estimate of drug-likeness (QED) is 0.173. The number of imidazole rings is 1. The van der Waals surface area contributed by atoms with Crippen LogP contribution in [0.25, 0.3) is 55.2 Å². The zero-order chi connectivity index (χ0) is 27.9. The maximum Gasteiger partial charge on any atom is 0.169 e. The first kappa shape index (κ1) is 25.7. The predicted molar refractivity (Wildman–Crippen MR) is 159 cm³/mol. The van der Waals surface area contributed by atoms with E-state index < -0.39 is 0 Å². The van der Waals surface area contributed by atoms with Crippen LogP contribution in [0.3, 0.4) is 0 Å². The van der Waals surface area contributed by atoms with Crippen LogP contribution in [0.15, 0.2) is 55.0 Å². The van der Waals surface area contributed by atoms with Crippen LogP contribution in [-0.2, 0) is 6.54 Å². The molecule has 3 N–H and O–H groups in total. The largest absolute Gasteiger partial charge is 0.336 e. The van der Waals surface area contributed by atoms with Crippen LogP contribution < -0.4 is 5.32 Å². The van der Waals surface area contributed by atoms with Crippen molar-refractivity contribution >= 4 is 39.1 Å². The van der Waals surface area contributed by atoms with Crippen LogP contribution >= 0.6 is 11.3 Å². The number of carbonyl (C=O) groups excluding carboxylic acids is 1. The first-order valence-corrected chi connectivity index (χ1v) is 14.6. The molecule has 0 saturated heterocycles. The fourth-order valence-corrected chi connectivity index (χ4v) is 6.59. The molecule has 1 aliphatic carbocycles. The Labute approximate surface area is 239 Å². The first-order chi connectivity index (χ1) is 20.0. The molecule has 1 saturated carbocycles. The lowest BCUT2D eigenvalue weighted by Crippen LogP contribution is -2.20. The summed E-state index contributed by atoms with van der Waals surface area (Å²) in [7, 11) is 0. The molecule has 5 aromatic heterocycles. The molecule has 6 aromatic rings. The number of fused-ring (bicyclic) bond motifs is 2. The molecule has 5 heterocycles. The molecule has 0 atom stereocenters. The number of hydrogen-bond acceptors (Lipinski definition) is 7. The summed E-state index contributed by atoms with van der Waals surface area (Å²) in [4.78, 5) is 30.5. The van der Waals surface area contributed by atoms with Gasteiger partial charge >= 0.3 is 0 Å².